The first-order valence-electron chi connectivity index (χ1n) is 7.89. The summed E-state index contributed by atoms with van der Waals surface area (Å²) >= 11 is 3.73. The number of nitrogens with zero attached hydrogens (tertiary/aromatic N) is 5. The average molecular weight is 453 g/mol. The Morgan fingerprint density at radius 1 is 1.29 bits per heavy atom. The van der Waals surface area contributed by atoms with Crippen molar-refractivity contribution in [3.8, 4) is 10.6 Å². The number of fused-ring (bicyclic) bond motifs is 1. The molecule has 0 bridgehead atoms. The molecule has 3 aromatic rings. The van der Waals surface area contributed by atoms with Gasteiger partial charge in [-0.05, 0) is 53.5 Å². The van der Waals surface area contributed by atoms with Crippen molar-refractivity contribution < 1.29 is 4.79 Å². The summed E-state index contributed by atoms with van der Waals surface area (Å²) in [5.74, 6) is 0.917. The molecule has 0 aliphatic carbocycles. The molecule has 4 rings (SSSR count). The number of likely N-dealkylation sites (tertiary alicyclic amines) is 1. The van der Waals surface area contributed by atoms with Crippen molar-refractivity contribution in [3.05, 3.63) is 33.7 Å². The lowest BCUT2D eigenvalue weighted by Gasteiger charge is -2.29. The predicted molar refractivity (Wildman–Crippen MR) is 101 cm³/mol. The van der Waals surface area contributed by atoms with E-state index in [2.05, 4.69) is 50.9 Å². The quantitative estimate of drug-likeness (QED) is 0.559. The van der Waals surface area contributed by atoms with Gasteiger partial charge in [-0.3, -0.25) is 4.79 Å². The lowest BCUT2D eigenvalue weighted by molar-refractivity contribution is 0.0682. The summed E-state index contributed by atoms with van der Waals surface area (Å²) in [4.78, 5) is 15.3. The molecule has 2 aromatic heterocycles. The Balaban J connectivity index is 1.66. The van der Waals surface area contributed by atoms with Gasteiger partial charge >= 0.3 is 0 Å². The number of carbonyl (C=O) groups is 1. The van der Waals surface area contributed by atoms with Gasteiger partial charge in [-0.2, -0.15) is 9.61 Å². The fourth-order valence-electron chi connectivity index (χ4n) is 2.84. The Labute approximate surface area is 157 Å². The minimum atomic E-state index is -0.0751. The number of benzene rings is 1. The van der Waals surface area contributed by atoms with Gasteiger partial charge in [0, 0.05) is 22.2 Å². The number of hydrogen-bond acceptors (Lipinski definition) is 5. The molecule has 124 valence electrons. The molecule has 1 amide bonds. The van der Waals surface area contributed by atoms with Crippen LogP contribution in [0.4, 0.5) is 0 Å². The first-order valence-corrected chi connectivity index (χ1v) is 9.79. The molecule has 6 nitrogen and oxygen atoms in total. The normalized spacial score (nSPS) is 16.0. The van der Waals surface area contributed by atoms with Crippen LogP contribution in [0.5, 0.6) is 0 Å². The van der Waals surface area contributed by atoms with Gasteiger partial charge in [-0.25, -0.2) is 0 Å². The van der Waals surface area contributed by atoms with Gasteiger partial charge in [0.1, 0.15) is 5.01 Å². The summed E-state index contributed by atoms with van der Waals surface area (Å²) in [5.41, 5.74) is 1.03. The van der Waals surface area contributed by atoms with Crippen LogP contribution in [0.1, 0.15) is 30.4 Å². The fourth-order valence-corrected chi connectivity index (χ4v) is 4.22. The number of amides is 1. The Morgan fingerprint density at radius 3 is 2.83 bits per heavy atom. The summed E-state index contributed by atoms with van der Waals surface area (Å²) in [6.07, 6.45) is 2.08. The summed E-state index contributed by atoms with van der Waals surface area (Å²) in [6.45, 7) is 3.79. The predicted octanol–water partition coefficient (Wildman–Crippen LogP) is 3.33. The van der Waals surface area contributed by atoms with Gasteiger partial charge in [-0.1, -0.05) is 30.4 Å². The molecule has 0 spiro atoms. The zero-order chi connectivity index (χ0) is 16.7. The third-order valence-corrected chi connectivity index (χ3v) is 5.94. The molecule has 1 aromatic carbocycles. The molecular weight excluding hydrogens is 437 g/mol. The van der Waals surface area contributed by atoms with E-state index in [-0.39, 0.29) is 5.91 Å². The second-order valence-corrected chi connectivity index (χ2v) is 8.31. The van der Waals surface area contributed by atoms with Crippen LogP contribution in [-0.2, 0) is 0 Å². The molecule has 0 radical (unpaired) electrons. The van der Waals surface area contributed by atoms with Crippen molar-refractivity contribution in [2.75, 3.05) is 13.1 Å². The summed E-state index contributed by atoms with van der Waals surface area (Å²) in [5, 5.41) is 13.6. The summed E-state index contributed by atoms with van der Waals surface area (Å²) in [6, 6.07) is 8.12. The molecule has 1 fully saturated rings. The molecule has 0 unspecified atom stereocenters. The first-order chi connectivity index (χ1) is 11.6. The van der Waals surface area contributed by atoms with Gasteiger partial charge in [0.15, 0.2) is 0 Å². The number of aromatic nitrogens is 4. The van der Waals surface area contributed by atoms with Crippen molar-refractivity contribution in [2.45, 2.75) is 19.8 Å². The van der Waals surface area contributed by atoms with E-state index in [1.165, 1.54) is 11.3 Å². The second-order valence-electron chi connectivity index (χ2n) is 6.11. The van der Waals surface area contributed by atoms with E-state index in [1.54, 1.807) is 4.52 Å². The van der Waals surface area contributed by atoms with Crippen LogP contribution in [0.2, 0.25) is 0 Å². The highest BCUT2D eigenvalue weighted by atomic mass is 127. The van der Waals surface area contributed by atoms with E-state index >= 15 is 0 Å². The number of carbonyl (C=O) groups excluding carboxylic acids is 1. The number of hydrogen-bond donors (Lipinski definition) is 0. The third-order valence-electron chi connectivity index (χ3n) is 4.32. The fraction of sp³-hybridized carbons (Fsp3) is 0.375. The standard InChI is InChI=1S/C16H16IN5OS/c1-10-5-7-21(8-6-10)15(23)13-18-19-16-22(13)20-14(24-16)11-3-2-4-12(17)9-11/h2-4,9-10H,5-8H2,1H3. The Hall–Kier alpha value is -1.55. The topological polar surface area (TPSA) is 63.4 Å². The molecule has 0 saturated carbocycles. The number of rotatable bonds is 2. The monoisotopic (exact) mass is 453 g/mol. The zero-order valence-electron chi connectivity index (χ0n) is 13.1. The lowest BCUT2D eigenvalue weighted by atomic mass is 9.99. The molecule has 1 saturated heterocycles. The maximum atomic E-state index is 12.7. The lowest BCUT2D eigenvalue weighted by Crippen LogP contribution is -2.38. The molecular formula is C16H16IN5OS. The molecule has 0 N–H and O–H groups in total. The van der Waals surface area contributed by atoms with Crippen LogP contribution < -0.4 is 0 Å². The van der Waals surface area contributed by atoms with Gasteiger partial charge in [0.25, 0.3) is 5.91 Å². The van der Waals surface area contributed by atoms with Gasteiger partial charge in [-0.15, -0.1) is 10.2 Å². The molecule has 1 aliphatic rings. The van der Waals surface area contributed by atoms with Crippen LogP contribution in [-0.4, -0.2) is 43.7 Å². The molecule has 8 heteroatoms. The van der Waals surface area contributed by atoms with Crippen molar-refractivity contribution in [1.29, 1.82) is 0 Å². The molecule has 3 heterocycles. The van der Waals surface area contributed by atoms with E-state index in [0.717, 1.165) is 40.1 Å². The largest absolute Gasteiger partial charge is 0.336 e. The highest BCUT2D eigenvalue weighted by molar-refractivity contribution is 14.1. The van der Waals surface area contributed by atoms with E-state index in [9.17, 15) is 4.79 Å². The van der Waals surface area contributed by atoms with Crippen molar-refractivity contribution in [1.82, 2.24) is 24.7 Å². The second kappa shape index (κ2) is 6.40. The average Bonchev–Trinajstić information content (AvgIpc) is 3.15. The van der Waals surface area contributed by atoms with Gasteiger partial charge in [0.05, 0.1) is 0 Å². The number of piperidine rings is 1. The van der Waals surface area contributed by atoms with Crippen LogP contribution >= 0.6 is 33.9 Å². The molecule has 0 atom stereocenters. The third kappa shape index (κ3) is 2.92. The van der Waals surface area contributed by atoms with Crippen LogP contribution in [0.25, 0.3) is 15.5 Å². The highest BCUT2D eigenvalue weighted by Crippen LogP contribution is 2.27. The van der Waals surface area contributed by atoms with E-state index < -0.39 is 0 Å². The summed E-state index contributed by atoms with van der Waals surface area (Å²) < 4.78 is 2.73. The van der Waals surface area contributed by atoms with Crippen LogP contribution in [0.3, 0.4) is 0 Å². The van der Waals surface area contributed by atoms with Crippen molar-refractivity contribution in [2.24, 2.45) is 5.92 Å². The first kappa shape index (κ1) is 15.9. The van der Waals surface area contributed by atoms with Gasteiger partial charge < -0.3 is 4.90 Å². The zero-order valence-corrected chi connectivity index (χ0v) is 16.1. The Bertz CT molecular complexity index is 897. The highest BCUT2D eigenvalue weighted by Gasteiger charge is 2.26. The smallest absolute Gasteiger partial charge is 0.293 e. The maximum absolute atomic E-state index is 12.7. The van der Waals surface area contributed by atoms with Gasteiger partial charge in [0.2, 0.25) is 10.8 Å². The van der Waals surface area contributed by atoms with E-state index in [4.69, 9.17) is 0 Å². The maximum Gasteiger partial charge on any atom is 0.293 e. The van der Waals surface area contributed by atoms with Crippen LogP contribution in [0, 0.1) is 9.49 Å². The minimum Gasteiger partial charge on any atom is -0.336 e. The molecule has 1 aliphatic heterocycles. The Morgan fingerprint density at radius 2 is 2.08 bits per heavy atom. The minimum absolute atomic E-state index is 0.0751. The number of halogens is 1. The van der Waals surface area contributed by atoms with Crippen molar-refractivity contribution >= 4 is 44.8 Å². The van der Waals surface area contributed by atoms with E-state index in [1.807, 2.05) is 23.1 Å². The Kier molecular flexibility index (Phi) is 4.25. The summed E-state index contributed by atoms with van der Waals surface area (Å²) in [7, 11) is 0. The van der Waals surface area contributed by atoms with E-state index in [0.29, 0.717) is 16.7 Å². The van der Waals surface area contributed by atoms with Crippen molar-refractivity contribution in [3.63, 3.8) is 0 Å². The van der Waals surface area contributed by atoms with Crippen LogP contribution in [0.15, 0.2) is 24.3 Å². The SMILES string of the molecule is CC1CCN(C(=O)c2nnc3sc(-c4cccc(I)c4)nn23)CC1. The molecule has 24 heavy (non-hydrogen) atoms.